The topological polar surface area (TPSA) is 26.3 Å². The number of carbonyl (C=O) groups is 1. The quantitative estimate of drug-likeness (QED) is 0.483. The maximum absolute atomic E-state index is 11.0. The van der Waals surface area contributed by atoms with Gasteiger partial charge in [0.1, 0.15) is 5.44 Å². The van der Waals surface area contributed by atoms with Crippen molar-refractivity contribution in [3.63, 3.8) is 0 Å². The van der Waals surface area contributed by atoms with Crippen LogP contribution in [0.1, 0.15) is 20.8 Å². The second kappa shape index (κ2) is 5.38. The van der Waals surface area contributed by atoms with Crippen LogP contribution in [0.2, 0.25) is 0 Å². The molecule has 0 aromatic carbocycles. The summed E-state index contributed by atoms with van der Waals surface area (Å²) in [6, 6.07) is 0. The predicted octanol–water partition coefficient (Wildman–Crippen LogP) is 2.20. The lowest BCUT2D eigenvalue weighted by Crippen LogP contribution is -2.07. The van der Waals surface area contributed by atoms with E-state index in [2.05, 4.69) is 6.58 Å². The second-order valence-corrected chi connectivity index (χ2v) is 3.48. The zero-order valence-electron chi connectivity index (χ0n) is 7.22. The van der Waals surface area contributed by atoms with Gasteiger partial charge in [-0.05, 0) is 26.3 Å². The molecule has 1 atom stereocenters. The number of ether oxygens (including phenoxy) is 1. The Bertz CT molecular complexity index is 154. The van der Waals surface area contributed by atoms with Gasteiger partial charge in [0.2, 0.25) is 5.12 Å². The lowest BCUT2D eigenvalue weighted by Gasteiger charge is -2.08. The van der Waals surface area contributed by atoms with E-state index < -0.39 is 0 Å². The van der Waals surface area contributed by atoms with E-state index in [4.69, 9.17) is 4.74 Å². The Labute approximate surface area is 72.0 Å². The van der Waals surface area contributed by atoms with Gasteiger partial charge in [0, 0.05) is 6.61 Å². The number of thioether (sulfide) groups is 1. The third-order valence-corrected chi connectivity index (χ3v) is 2.05. The molecule has 0 aromatic rings. The fourth-order valence-electron chi connectivity index (χ4n) is 0.520. The largest absolute Gasteiger partial charge is 0.368 e. The van der Waals surface area contributed by atoms with Gasteiger partial charge in [0.25, 0.3) is 0 Å². The summed E-state index contributed by atoms with van der Waals surface area (Å²) in [5.41, 5.74) is 0.505. The zero-order chi connectivity index (χ0) is 8.85. The third-order valence-electron chi connectivity index (χ3n) is 1.02. The highest BCUT2D eigenvalue weighted by atomic mass is 32.2. The molecule has 0 amide bonds. The van der Waals surface area contributed by atoms with Gasteiger partial charge in [-0.1, -0.05) is 18.3 Å². The van der Waals surface area contributed by atoms with Crippen molar-refractivity contribution in [3.8, 4) is 0 Å². The first-order valence-electron chi connectivity index (χ1n) is 3.56. The number of rotatable bonds is 4. The van der Waals surface area contributed by atoms with E-state index in [0.29, 0.717) is 12.2 Å². The van der Waals surface area contributed by atoms with Gasteiger partial charge < -0.3 is 4.74 Å². The van der Waals surface area contributed by atoms with Crippen LogP contribution in [-0.4, -0.2) is 17.2 Å². The molecule has 2 nitrogen and oxygen atoms in total. The van der Waals surface area contributed by atoms with Crippen molar-refractivity contribution in [1.29, 1.82) is 0 Å². The van der Waals surface area contributed by atoms with Gasteiger partial charge in [0.15, 0.2) is 0 Å². The van der Waals surface area contributed by atoms with Crippen LogP contribution in [0.15, 0.2) is 12.2 Å². The predicted molar refractivity (Wildman–Crippen MR) is 48.5 cm³/mol. The Balaban J connectivity index is 3.66. The molecule has 11 heavy (non-hydrogen) atoms. The van der Waals surface area contributed by atoms with Crippen LogP contribution >= 0.6 is 11.8 Å². The Morgan fingerprint density at radius 1 is 1.73 bits per heavy atom. The van der Waals surface area contributed by atoms with Crippen LogP contribution in [0.4, 0.5) is 0 Å². The molecule has 1 unspecified atom stereocenters. The summed E-state index contributed by atoms with van der Waals surface area (Å²) >= 11 is 1.17. The van der Waals surface area contributed by atoms with Crippen molar-refractivity contribution >= 4 is 16.9 Å². The SMILES string of the molecule is C=C(C)C(=O)SC(C)OCC. The first-order valence-corrected chi connectivity index (χ1v) is 4.44. The van der Waals surface area contributed by atoms with Crippen molar-refractivity contribution in [3.05, 3.63) is 12.2 Å². The molecular formula is C8H14O2S. The van der Waals surface area contributed by atoms with Crippen LogP contribution in [0.3, 0.4) is 0 Å². The van der Waals surface area contributed by atoms with E-state index in [1.165, 1.54) is 11.8 Å². The Hall–Kier alpha value is -0.280. The van der Waals surface area contributed by atoms with Crippen molar-refractivity contribution in [2.24, 2.45) is 0 Å². The molecular weight excluding hydrogens is 160 g/mol. The maximum Gasteiger partial charge on any atom is 0.216 e. The fraction of sp³-hybridized carbons (Fsp3) is 0.625. The lowest BCUT2D eigenvalue weighted by atomic mass is 10.4. The van der Waals surface area contributed by atoms with E-state index in [1.54, 1.807) is 6.92 Å². The van der Waals surface area contributed by atoms with Gasteiger partial charge >= 0.3 is 0 Å². The molecule has 3 heteroatoms. The maximum atomic E-state index is 11.0. The molecule has 0 N–H and O–H groups in total. The molecule has 0 saturated carbocycles. The van der Waals surface area contributed by atoms with Crippen LogP contribution in [0.5, 0.6) is 0 Å². The van der Waals surface area contributed by atoms with Crippen LogP contribution < -0.4 is 0 Å². The minimum Gasteiger partial charge on any atom is -0.368 e. The lowest BCUT2D eigenvalue weighted by molar-refractivity contribution is -0.108. The van der Waals surface area contributed by atoms with Crippen molar-refractivity contribution < 1.29 is 9.53 Å². The minimum absolute atomic E-state index is 0.00551. The standard InChI is InChI=1S/C8H14O2S/c1-5-10-7(4)11-8(9)6(2)3/h7H,2,5H2,1,3-4H3. The van der Waals surface area contributed by atoms with Crippen LogP contribution in [0.25, 0.3) is 0 Å². The molecule has 0 aliphatic rings. The molecule has 0 spiro atoms. The van der Waals surface area contributed by atoms with E-state index in [0.717, 1.165) is 0 Å². The van der Waals surface area contributed by atoms with E-state index >= 15 is 0 Å². The van der Waals surface area contributed by atoms with Gasteiger partial charge in [0.05, 0.1) is 0 Å². The third kappa shape index (κ3) is 5.04. The molecule has 0 rings (SSSR count). The van der Waals surface area contributed by atoms with Crippen LogP contribution in [0, 0.1) is 0 Å². The summed E-state index contributed by atoms with van der Waals surface area (Å²) in [7, 11) is 0. The average molecular weight is 174 g/mol. The highest BCUT2D eigenvalue weighted by Gasteiger charge is 2.09. The minimum atomic E-state index is -0.0656. The monoisotopic (exact) mass is 174 g/mol. The molecule has 0 heterocycles. The molecule has 0 fully saturated rings. The summed E-state index contributed by atoms with van der Waals surface area (Å²) in [5, 5.41) is 0.00551. The van der Waals surface area contributed by atoms with E-state index in [9.17, 15) is 4.79 Å². The smallest absolute Gasteiger partial charge is 0.216 e. The number of hydrogen-bond donors (Lipinski definition) is 0. The summed E-state index contributed by atoms with van der Waals surface area (Å²) in [6.45, 7) is 9.64. The highest BCUT2D eigenvalue weighted by Crippen LogP contribution is 2.16. The van der Waals surface area contributed by atoms with E-state index in [1.807, 2.05) is 13.8 Å². The van der Waals surface area contributed by atoms with Crippen LogP contribution in [-0.2, 0) is 9.53 Å². The molecule has 64 valence electrons. The Morgan fingerprint density at radius 2 is 2.27 bits per heavy atom. The number of carbonyl (C=O) groups excluding carboxylic acids is 1. The average Bonchev–Trinajstić information content (AvgIpc) is 1.87. The summed E-state index contributed by atoms with van der Waals surface area (Å²) < 4.78 is 5.16. The zero-order valence-corrected chi connectivity index (χ0v) is 8.03. The summed E-state index contributed by atoms with van der Waals surface area (Å²) in [4.78, 5) is 11.0. The second-order valence-electron chi connectivity index (χ2n) is 2.21. The summed E-state index contributed by atoms with van der Waals surface area (Å²) in [6.07, 6.45) is 0. The fourth-order valence-corrected chi connectivity index (χ4v) is 1.23. The molecule has 0 bridgehead atoms. The van der Waals surface area contributed by atoms with Gasteiger partial charge in [-0.25, -0.2) is 0 Å². The normalized spacial score (nSPS) is 12.6. The van der Waals surface area contributed by atoms with Gasteiger partial charge in [-0.3, -0.25) is 4.79 Å². The van der Waals surface area contributed by atoms with Gasteiger partial charge in [-0.15, -0.1) is 0 Å². The molecule has 0 aromatic heterocycles. The van der Waals surface area contributed by atoms with Gasteiger partial charge in [-0.2, -0.15) is 0 Å². The molecule has 0 aliphatic heterocycles. The first-order chi connectivity index (χ1) is 5.07. The molecule has 0 radical (unpaired) electrons. The first kappa shape index (κ1) is 10.7. The van der Waals surface area contributed by atoms with Crippen molar-refractivity contribution in [2.75, 3.05) is 6.61 Å². The van der Waals surface area contributed by atoms with Crippen molar-refractivity contribution in [1.82, 2.24) is 0 Å². The highest BCUT2D eigenvalue weighted by molar-refractivity contribution is 8.14. The van der Waals surface area contributed by atoms with Crippen molar-refractivity contribution in [2.45, 2.75) is 26.2 Å². The Kier molecular flexibility index (Phi) is 5.24. The number of hydrogen-bond acceptors (Lipinski definition) is 3. The Morgan fingerprint density at radius 3 is 2.64 bits per heavy atom. The summed E-state index contributed by atoms with van der Waals surface area (Å²) in [5.74, 6) is 0. The van der Waals surface area contributed by atoms with E-state index in [-0.39, 0.29) is 10.6 Å². The molecule has 0 saturated heterocycles. The molecule has 0 aliphatic carbocycles.